The van der Waals surface area contributed by atoms with Crippen LogP contribution in [0.5, 0.6) is 0 Å². The van der Waals surface area contributed by atoms with Crippen LogP contribution in [0.4, 0.5) is 62.6 Å². The Morgan fingerprint density at radius 1 is 0.297 bits per heavy atom. The molecule has 0 fully saturated rings. The maximum absolute atomic E-state index is 2.47. The van der Waals surface area contributed by atoms with Crippen LogP contribution in [-0.4, -0.2) is 0 Å². The first-order chi connectivity index (χ1) is 36.6. The topological polar surface area (TPSA) is 13.0 Å². The molecule has 0 saturated heterocycles. The van der Waals surface area contributed by atoms with E-state index in [2.05, 4.69) is 325 Å². The van der Waals surface area contributed by atoms with Crippen molar-refractivity contribution >= 4 is 78.9 Å². The molecule has 0 amide bonds. The van der Waals surface area contributed by atoms with Crippen LogP contribution < -0.4 is 19.6 Å². The summed E-state index contributed by atoms with van der Waals surface area (Å²) in [5.74, 6) is 0.173. The Morgan fingerprint density at radius 2 is 0.608 bits per heavy atom. The van der Waals surface area contributed by atoms with Gasteiger partial charge < -0.3 is 19.6 Å². The molecule has 12 rings (SSSR count). The fourth-order valence-corrected chi connectivity index (χ4v) is 11.2. The molecule has 2 aliphatic rings. The van der Waals surface area contributed by atoms with Gasteiger partial charge in [0.2, 0.25) is 0 Å². The Morgan fingerprint density at radius 3 is 1.03 bits per heavy atom. The SMILES string of the molecule is CC1=C(c2c(C)cc(N(c3ccccc3)c3ccc(N(c4ccccc4)c4ccccc4)cc3)c3ccccc23)C2C=CC=CC2C(N(c2ccccc2)c2ccc(N(c3ccccc3)c3ccccc3)cc2)=C1. The summed E-state index contributed by atoms with van der Waals surface area (Å²) in [5.41, 5.74) is 18.6. The molecule has 10 aromatic carbocycles. The first-order valence-corrected chi connectivity index (χ1v) is 25.6. The molecule has 0 saturated carbocycles. The van der Waals surface area contributed by atoms with Crippen molar-refractivity contribution in [3.05, 3.63) is 314 Å². The standard InChI is InChI=1S/C70H56N4/c1-51-49-67(73(57-33-17-7-18-34-57)61-45-41-59(42-46-61)71(53-25-9-3-10-26-53)54-27-11-4-12-28-54)63-37-21-23-39-65(63)69(51)70-52(2)50-68(64-38-22-24-40-66(64)70)74(58-35-19-8-20-36-58)62-47-43-60(44-48-62)72(55-29-13-5-14-30-55)56-31-15-6-16-32-56/h3-50,63,65H,1-2H3. The number of benzene rings is 10. The van der Waals surface area contributed by atoms with Crippen LogP contribution in [0.1, 0.15) is 18.1 Å². The third-order valence-electron chi connectivity index (χ3n) is 14.4. The smallest absolute Gasteiger partial charge is 0.0543 e. The lowest BCUT2D eigenvalue weighted by molar-refractivity contribution is 0.623. The Bertz CT molecular complexity index is 3580. The molecule has 2 atom stereocenters. The van der Waals surface area contributed by atoms with Gasteiger partial charge in [-0.3, -0.25) is 0 Å². The first-order valence-electron chi connectivity index (χ1n) is 25.6. The van der Waals surface area contributed by atoms with Crippen LogP contribution in [0.25, 0.3) is 16.3 Å². The van der Waals surface area contributed by atoms with E-state index < -0.39 is 0 Å². The molecule has 4 nitrogen and oxygen atoms in total. The predicted octanol–water partition coefficient (Wildman–Crippen LogP) is 19.4. The second-order valence-electron chi connectivity index (χ2n) is 19.0. The summed E-state index contributed by atoms with van der Waals surface area (Å²) >= 11 is 0. The van der Waals surface area contributed by atoms with Crippen LogP contribution in [0, 0.1) is 18.8 Å². The van der Waals surface area contributed by atoms with Gasteiger partial charge in [0.1, 0.15) is 0 Å². The van der Waals surface area contributed by atoms with Crippen LogP contribution in [0.15, 0.2) is 303 Å². The first kappa shape index (κ1) is 45.7. The maximum atomic E-state index is 2.47. The summed E-state index contributed by atoms with van der Waals surface area (Å²) in [4.78, 5) is 9.53. The van der Waals surface area contributed by atoms with Gasteiger partial charge in [-0.15, -0.1) is 0 Å². The van der Waals surface area contributed by atoms with Gasteiger partial charge in [-0.25, -0.2) is 0 Å². The molecule has 2 unspecified atom stereocenters. The van der Waals surface area contributed by atoms with E-state index >= 15 is 0 Å². The third kappa shape index (κ3) is 8.77. The Balaban J connectivity index is 0.966. The molecule has 0 radical (unpaired) electrons. The molecule has 0 heterocycles. The molecule has 0 aliphatic heterocycles. The number of fused-ring (bicyclic) bond motifs is 2. The molecule has 0 bridgehead atoms. The van der Waals surface area contributed by atoms with Gasteiger partial charge >= 0.3 is 0 Å². The van der Waals surface area contributed by atoms with E-state index in [9.17, 15) is 0 Å². The normalized spacial score (nSPS) is 14.8. The molecular formula is C70H56N4. The largest absolute Gasteiger partial charge is 0.314 e. The third-order valence-corrected chi connectivity index (χ3v) is 14.4. The number of hydrogen-bond donors (Lipinski definition) is 0. The Labute approximate surface area is 435 Å². The van der Waals surface area contributed by atoms with E-state index in [1.165, 1.54) is 38.7 Å². The molecule has 0 spiro atoms. The molecule has 10 aromatic rings. The number of rotatable bonds is 13. The van der Waals surface area contributed by atoms with Crippen molar-refractivity contribution in [1.29, 1.82) is 0 Å². The fraction of sp³-hybridized carbons (Fsp3) is 0.0571. The number of allylic oxidation sites excluding steroid dienone is 7. The van der Waals surface area contributed by atoms with Crippen LogP contribution in [-0.2, 0) is 0 Å². The lowest BCUT2D eigenvalue weighted by Crippen LogP contribution is -2.30. The van der Waals surface area contributed by atoms with Crippen LogP contribution >= 0.6 is 0 Å². The van der Waals surface area contributed by atoms with E-state index in [4.69, 9.17) is 0 Å². The van der Waals surface area contributed by atoms with Gasteiger partial charge in [-0.1, -0.05) is 158 Å². The molecular weight excluding hydrogens is 897 g/mol. The highest BCUT2D eigenvalue weighted by atomic mass is 15.2. The van der Waals surface area contributed by atoms with E-state index in [-0.39, 0.29) is 11.8 Å². The van der Waals surface area contributed by atoms with Crippen LogP contribution in [0.3, 0.4) is 0 Å². The summed E-state index contributed by atoms with van der Waals surface area (Å²) in [7, 11) is 0. The van der Waals surface area contributed by atoms with Gasteiger partial charge in [0.15, 0.2) is 0 Å². The summed E-state index contributed by atoms with van der Waals surface area (Å²) in [5, 5.41) is 2.44. The number of para-hydroxylation sites is 6. The number of hydrogen-bond acceptors (Lipinski definition) is 4. The van der Waals surface area contributed by atoms with E-state index in [1.807, 2.05) is 0 Å². The molecule has 0 aromatic heterocycles. The number of aryl methyl sites for hydroxylation is 1. The zero-order valence-electron chi connectivity index (χ0n) is 41.7. The monoisotopic (exact) mass is 952 g/mol. The highest BCUT2D eigenvalue weighted by Crippen LogP contribution is 2.51. The zero-order valence-corrected chi connectivity index (χ0v) is 41.7. The highest BCUT2D eigenvalue weighted by molar-refractivity contribution is 6.06. The quantitative estimate of drug-likeness (QED) is 0.114. The minimum Gasteiger partial charge on any atom is -0.314 e. The predicted molar refractivity (Wildman–Crippen MR) is 314 cm³/mol. The van der Waals surface area contributed by atoms with E-state index in [1.54, 1.807) is 0 Å². The minimum atomic E-state index is 0.0761. The van der Waals surface area contributed by atoms with Crippen molar-refractivity contribution in [2.75, 3.05) is 19.6 Å². The van der Waals surface area contributed by atoms with Gasteiger partial charge in [-0.2, -0.15) is 0 Å². The summed E-state index contributed by atoms with van der Waals surface area (Å²) in [6.45, 7) is 4.62. The summed E-state index contributed by atoms with van der Waals surface area (Å²) in [6, 6.07) is 93.6. The average Bonchev–Trinajstić information content (AvgIpc) is 3.48. The van der Waals surface area contributed by atoms with Gasteiger partial charge in [0.05, 0.1) is 5.69 Å². The molecule has 2 aliphatic carbocycles. The van der Waals surface area contributed by atoms with Gasteiger partial charge in [0, 0.05) is 79.8 Å². The van der Waals surface area contributed by atoms with Crippen molar-refractivity contribution in [3.8, 4) is 0 Å². The van der Waals surface area contributed by atoms with E-state index in [0.29, 0.717) is 0 Å². The van der Waals surface area contributed by atoms with Crippen molar-refractivity contribution < 1.29 is 0 Å². The molecule has 356 valence electrons. The van der Waals surface area contributed by atoms with Gasteiger partial charge in [0.25, 0.3) is 0 Å². The number of nitrogens with zero attached hydrogens (tertiary/aromatic N) is 4. The van der Waals surface area contributed by atoms with Crippen molar-refractivity contribution in [3.63, 3.8) is 0 Å². The summed E-state index contributed by atoms with van der Waals surface area (Å²) in [6.07, 6.45) is 11.8. The minimum absolute atomic E-state index is 0.0761. The lowest BCUT2D eigenvalue weighted by atomic mass is 9.71. The van der Waals surface area contributed by atoms with Crippen LogP contribution in [0.2, 0.25) is 0 Å². The number of anilines is 11. The molecule has 0 N–H and O–H groups in total. The molecule has 4 heteroatoms. The van der Waals surface area contributed by atoms with Crippen molar-refractivity contribution in [2.45, 2.75) is 13.8 Å². The molecule has 74 heavy (non-hydrogen) atoms. The highest BCUT2D eigenvalue weighted by Gasteiger charge is 2.36. The van der Waals surface area contributed by atoms with Crippen molar-refractivity contribution in [1.82, 2.24) is 0 Å². The second kappa shape index (κ2) is 20.4. The van der Waals surface area contributed by atoms with Crippen molar-refractivity contribution in [2.24, 2.45) is 11.8 Å². The Hall–Kier alpha value is -9.38. The zero-order chi connectivity index (χ0) is 49.8. The second-order valence-corrected chi connectivity index (χ2v) is 19.0. The van der Waals surface area contributed by atoms with Gasteiger partial charge in [-0.05, 0) is 175 Å². The maximum Gasteiger partial charge on any atom is 0.0543 e. The van der Waals surface area contributed by atoms with E-state index in [0.717, 1.165) is 62.6 Å². The lowest BCUT2D eigenvalue weighted by Gasteiger charge is -2.40. The summed E-state index contributed by atoms with van der Waals surface area (Å²) < 4.78 is 0. The fourth-order valence-electron chi connectivity index (χ4n) is 11.2. The average molecular weight is 953 g/mol. The Kier molecular flexibility index (Phi) is 12.6.